The van der Waals surface area contributed by atoms with Gasteiger partial charge in [0.05, 0.1) is 12.1 Å². The molecule has 170 valence electrons. The molecule has 5 heteroatoms. The Labute approximate surface area is 195 Å². The van der Waals surface area contributed by atoms with E-state index >= 15 is 0 Å². The van der Waals surface area contributed by atoms with Crippen LogP contribution in [0.15, 0.2) is 84.9 Å². The van der Waals surface area contributed by atoms with Crippen LogP contribution in [-0.4, -0.2) is 17.9 Å². The van der Waals surface area contributed by atoms with E-state index in [0.717, 1.165) is 35.2 Å². The van der Waals surface area contributed by atoms with Gasteiger partial charge in [0.15, 0.2) is 0 Å². The molecule has 0 aromatic heterocycles. The number of anilines is 1. The van der Waals surface area contributed by atoms with Crippen molar-refractivity contribution >= 4 is 17.5 Å². The third kappa shape index (κ3) is 6.08. The summed E-state index contributed by atoms with van der Waals surface area (Å²) in [7, 11) is 0. The van der Waals surface area contributed by atoms with Crippen LogP contribution in [0.25, 0.3) is 0 Å². The van der Waals surface area contributed by atoms with Crippen molar-refractivity contribution in [3.05, 3.63) is 102 Å². The Kier molecular flexibility index (Phi) is 7.20. The quantitative estimate of drug-likeness (QED) is 0.439. The minimum atomic E-state index is -0.385. The van der Waals surface area contributed by atoms with E-state index in [-0.39, 0.29) is 35.9 Å². The second-order valence-electron chi connectivity index (χ2n) is 8.76. The SMILES string of the molecule is CC(NC(C)c1ccc(NC(=O)C2CC2)cc1)C(=O)NC(c1ccccc1)c1ccccc1. The second-order valence-corrected chi connectivity index (χ2v) is 8.76. The van der Waals surface area contributed by atoms with Crippen LogP contribution in [0.2, 0.25) is 0 Å². The van der Waals surface area contributed by atoms with E-state index in [1.54, 1.807) is 0 Å². The predicted octanol–water partition coefficient (Wildman–Crippen LogP) is 4.98. The molecule has 0 bridgehead atoms. The van der Waals surface area contributed by atoms with E-state index in [9.17, 15) is 9.59 Å². The number of amides is 2. The summed E-state index contributed by atoms with van der Waals surface area (Å²) in [6.45, 7) is 3.91. The summed E-state index contributed by atoms with van der Waals surface area (Å²) >= 11 is 0. The van der Waals surface area contributed by atoms with Crippen LogP contribution in [0.4, 0.5) is 5.69 Å². The van der Waals surface area contributed by atoms with Gasteiger partial charge < -0.3 is 10.6 Å². The van der Waals surface area contributed by atoms with Gasteiger partial charge in [-0.05, 0) is 55.5 Å². The number of carbonyl (C=O) groups excluding carboxylic acids is 2. The molecule has 0 radical (unpaired) electrons. The molecule has 2 atom stereocenters. The van der Waals surface area contributed by atoms with E-state index < -0.39 is 0 Å². The summed E-state index contributed by atoms with van der Waals surface area (Å²) in [5.74, 6) is 0.221. The molecule has 33 heavy (non-hydrogen) atoms. The van der Waals surface area contributed by atoms with E-state index in [2.05, 4.69) is 16.0 Å². The standard InChI is InChI=1S/C28H31N3O2/c1-19(21-15-17-25(18-16-21)30-28(33)24-13-14-24)29-20(2)27(32)31-26(22-9-5-3-6-10-22)23-11-7-4-8-12-23/h3-12,15-20,24,26,29H,13-14H2,1-2H3,(H,30,33)(H,31,32). The lowest BCUT2D eigenvalue weighted by Crippen LogP contribution is -2.44. The largest absolute Gasteiger partial charge is 0.344 e. The third-order valence-electron chi connectivity index (χ3n) is 6.07. The van der Waals surface area contributed by atoms with Gasteiger partial charge in [0, 0.05) is 17.6 Å². The molecule has 0 spiro atoms. The molecule has 3 aromatic rings. The number of benzene rings is 3. The molecular weight excluding hydrogens is 410 g/mol. The summed E-state index contributed by atoms with van der Waals surface area (Å²) in [4.78, 5) is 25.0. The minimum Gasteiger partial charge on any atom is -0.344 e. The van der Waals surface area contributed by atoms with Crippen molar-refractivity contribution in [3.63, 3.8) is 0 Å². The van der Waals surface area contributed by atoms with Gasteiger partial charge in [0.1, 0.15) is 0 Å². The van der Waals surface area contributed by atoms with Gasteiger partial charge in [-0.2, -0.15) is 0 Å². The van der Waals surface area contributed by atoms with Gasteiger partial charge in [-0.25, -0.2) is 0 Å². The van der Waals surface area contributed by atoms with Crippen LogP contribution in [0, 0.1) is 5.92 Å². The average Bonchev–Trinajstić information content (AvgIpc) is 3.69. The molecule has 0 saturated heterocycles. The Morgan fingerprint density at radius 1 is 0.758 bits per heavy atom. The number of hydrogen-bond acceptors (Lipinski definition) is 3. The topological polar surface area (TPSA) is 70.2 Å². The summed E-state index contributed by atoms with van der Waals surface area (Å²) in [6, 6.07) is 27.2. The lowest BCUT2D eigenvalue weighted by molar-refractivity contribution is -0.123. The van der Waals surface area contributed by atoms with Crippen LogP contribution >= 0.6 is 0 Å². The zero-order valence-corrected chi connectivity index (χ0v) is 19.1. The smallest absolute Gasteiger partial charge is 0.237 e. The summed E-state index contributed by atoms with van der Waals surface area (Å²) in [6.07, 6.45) is 1.97. The molecule has 5 nitrogen and oxygen atoms in total. The first-order valence-electron chi connectivity index (χ1n) is 11.6. The van der Waals surface area contributed by atoms with Crippen molar-refractivity contribution in [2.24, 2.45) is 5.92 Å². The normalized spacial score (nSPS) is 15.0. The highest BCUT2D eigenvalue weighted by Gasteiger charge is 2.29. The maximum absolute atomic E-state index is 13.1. The van der Waals surface area contributed by atoms with E-state index in [1.165, 1.54) is 0 Å². The van der Waals surface area contributed by atoms with Crippen molar-refractivity contribution in [1.29, 1.82) is 0 Å². The summed E-state index contributed by atoms with van der Waals surface area (Å²) in [5, 5.41) is 9.56. The Morgan fingerprint density at radius 2 is 1.30 bits per heavy atom. The van der Waals surface area contributed by atoms with Crippen LogP contribution in [0.1, 0.15) is 55.5 Å². The van der Waals surface area contributed by atoms with Gasteiger partial charge in [-0.1, -0.05) is 72.8 Å². The lowest BCUT2D eigenvalue weighted by atomic mass is 9.98. The zero-order chi connectivity index (χ0) is 23.2. The van der Waals surface area contributed by atoms with Gasteiger partial charge in [-0.15, -0.1) is 0 Å². The van der Waals surface area contributed by atoms with Crippen molar-refractivity contribution in [2.45, 2.75) is 44.8 Å². The average molecular weight is 442 g/mol. The van der Waals surface area contributed by atoms with Crippen molar-refractivity contribution in [1.82, 2.24) is 10.6 Å². The van der Waals surface area contributed by atoms with Crippen LogP contribution in [-0.2, 0) is 9.59 Å². The van der Waals surface area contributed by atoms with Crippen LogP contribution in [0.5, 0.6) is 0 Å². The number of rotatable bonds is 9. The first-order valence-corrected chi connectivity index (χ1v) is 11.6. The van der Waals surface area contributed by atoms with Crippen molar-refractivity contribution in [2.75, 3.05) is 5.32 Å². The number of hydrogen-bond donors (Lipinski definition) is 3. The van der Waals surface area contributed by atoms with E-state index in [4.69, 9.17) is 0 Å². The molecule has 1 aliphatic rings. The predicted molar refractivity (Wildman–Crippen MR) is 132 cm³/mol. The molecular formula is C28H31N3O2. The maximum Gasteiger partial charge on any atom is 0.237 e. The molecule has 1 saturated carbocycles. The molecule has 0 heterocycles. The number of nitrogens with one attached hydrogen (secondary N) is 3. The van der Waals surface area contributed by atoms with Crippen molar-refractivity contribution in [3.8, 4) is 0 Å². The van der Waals surface area contributed by atoms with Crippen LogP contribution in [0.3, 0.4) is 0 Å². The maximum atomic E-state index is 13.1. The fourth-order valence-corrected chi connectivity index (χ4v) is 3.91. The van der Waals surface area contributed by atoms with Gasteiger partial charge in [-0.3, -0.25) is 14.9 Å². The van der Waals surface area contributed by atoms with Gasteiger partial charge in [0.25, 0.3) is 0 Å². The fraction of sp³-hybridized carbons (Fsp3) is 0.286. The first kappa shape index (κ1) is 22.7. The molecule has 0 aliphatic heterocycles. The third-order valence-corrected chi connectivity index (χ3v) is 6.07. The van der Waals surface area contributed by atoms with E-state index in [1.807, 2.05) is 98.8 Å². The highest BCUT2D eigenvalue weighted by Crippen LogP contribution is 2.30. The molecule has 2 unspecified atom stereocenters. The van der Waals surface area contributed by atoms with Crippen molar-refractivity contribution < 1.29 is 9.59 Å². The molecule has 3 N–H and O–H groups in total. The molecule has 1 fully saturated rings. The fourth-order valence-electron chi connectivity index (χ4n) is 3.91. The molecule has 4 rings (SSSR count). The zero-order valence-electron chi connectivity index (χ0n) is 19.1. The molecule has 1 aliphatic carbocycles. The Bertz CT molecular complexity index is 1020. The van der Waals surface area contributed by atoms with Gasteiger partial charge in [0.2, 0.25) is 11.8 Å². The highest BCUT2D eigenvalue weighted by atomic mass is 16.2. The molecule has 2 amide bonds. The Balaban J connectivity index is 1.38. The highest BCUT2D eigenvalue weighted by molar-refractivity contribution is 5.94. The summed E-state index contributed by atoms with van der Waals surface area (Å²) in [5.41, 5.74) is 3.95. The van der Waals surface area contributed by atoms with Gasteiger partial charge >= 0.3 is 0 Å². The summed E-state index contributed by atoms with van der Waals surface area (Å²) < 4.78 is 0. The Morgan fingerprint density at radius 3 is 1.82 bits per heavy atom. The minimum absolute atomic E-state index is 0.0224. The molecule has 3 aromatic carbocycles. The van der Waals surface area contributed by atoms with Crippen LogP contribution < -0.4 is 16.0 Å². The van der Waals surface area contributed by atoms with E-state index in [0.29, 0.717) is 0 Å². The first-order chi connectivity index (χ1) is 16.0. The monoisotopic (exact) mass is 441 g/mol. The Hall–Kier alpha value is -3.44. The second kappa shape index (κ2) is 10.5. The number of carbonyl (C=O) groups is 2. The lowest BCUT2D eigenvalue weighted by Gasteiger charge is -2.25.